The van der Waals surface area contributed by atoms with E-state index in [1.807, 2.05) is 0 Å². The van der Waals surface area contributed by atoms with Crippen LogP contribution in [0.1, 0.15) is 0 Å². The van der Waals surface area contributed by atoms with Gasteiger partial charge in [-0.1, -0.05) is 0 Å². The van der Waals surface area contributed by atoms with Gasteiger partial charge in [0.25, 0.3) is 0 Å². The molecule has 0 atom stereocenters. The maximum absolute atomic E-state index is 6.50. The standard InChI is InChI=1S/C2H6N2S.BrH/c1-4-2(3)5;/h1H3,(H3,3,4,5);1H. The normalized spacial score (nSPS) is 5.67. The Bertz CT molecular complexity index is 46.8. The Kier molecular flexibility index (Phi) is 8.45. The number of hydrogen-bond acceptors (Lipinski definition) is 1. The van der Waals surface area contributed by atoms with Crippen molar-refractivity contribution < 1.29 is 0 Å². The van der Waals surface area contributed by atoms with Crippen LogP contribution in [-0.4, -0.2) is 12.2 Å². The van der Waals surface area contributed by atoms with Crippen molar-refractivity contribution in [3.05, 3.63) is 0 Å². The van der Waals surface area contributed by atoms with Gasteiger partial charge in [0.2, 0.25) is 0 Å². The molecule has 0 radical (unpaired) electrons. The van der Waals surface area contributed by atoms with E-state index in [1.165, 1.54) is 0 Å². The predicted octanol–water partition coefficient (Wildman–Crippen LogP) is 0.648. The fourth-order valence-corrected chi connectivity index (χ4v) is 0. The van der Waals surface area contributed by atoms with Crippen LogP contribution in [0.3, 0.4) is 0 Å². The molecule has 2 N–H and O–H groups in total. The van der Waals surface area contributed by atoms with Crippen molar-refractivity contribution in [3.8, 4) is 0 Å². The fraction of sp³-hybridized carbons (Fsp3) is 0.500. The van der Waals surface area contributed by atoms with Crippen molar-refractivity contribution in [2.45, 2.75) is 0 Å². The lowest BCUT2D eigenvalue weighted by atomic mass is 11.2. The van der Waals surface area contributed by atoms with Crippen LogP contribution in [0.5, 0.6) is 0 Å². The van der Waals surface area contributed by atoms with Crippen molar-refractivity contribution in [2.75, 3.05) is 7.05 Å². The van der Waals surface area contributed by atoms with Gasteiger partial charge in [0, 0.05) is 7.05 Å². The highest BCUT2D eigenvalue weighted by Gasteiger charge is 1.67. The quantitative estimate of drug-likeness (QED) is 0.279. The Hall–Kier alpha value is 0.300. The smallest absolute Gasteiger partial charge is 0.150 e. The van der Waals surface area contributed by atoms with Gasteiger partial charge in [0.15, 0.2) is 0 Å². The van der Waals surface area contributed by atoms with Gasteiger partial charge in [-0.05, 0) is 0 Å². The van der Waals surface area contributed by atoms with E-state index in [4.69, 9.17) is 5.41 Å². The average Bonchev–Trinajstić information content (AvgIpc) is 1.38. The van der Waals surface area contributed by atoms with Crippen molar-refractivity contribution >= 4 is 34.8 Å². The molecule has 0 rings (SSSR count). The topological polar surface area (TPSA) is 35.9 Å². The molecule has 0 aromatic rings. The molecule has 38 valence electrons. The molecule has 0 spiro atoms. The van der Waals surface area contributed by atoms with Crippen LogP contribution in [-0.2, 0) is 0 Å². The Morgan fingerprint density at radius 2 is 2.00 bits per heavy atom. The zero-order valence-corrected chi connectivity index (χ0v) is 5.96. The van der Waals surface area contributed by atoms with Gasteiger partial charge in [-0.25, -0.2) is 0 Å². The number of rotatable bonds is 0. The van der Waals surface area contributed by atoms with Crippen molar-refractivity contribution in [2.24, 2.45) is 0 Å². The Labute approximate surface area is 53.0 Å². The highest BCUT2D eigenvalue weighted by molar-refractivity contribution is 8.93. The number of amidine groups is 1. The van der Waals surface area contributed by atoms with Crippen molar-refractivity contribution in [3.63, 3.8) is 0 Å². The van der Waals surface area contributed by atoms with Gasteiger partial charge < -0.3 is 5.32 Å². The molecule has 2 nitrogen and oxygen atoms in total. The van der Waals surface area contributed by atoms with Gasteiger partial charge in [-0.2, -0.15) is 0 Å². The van der Waals surface area contributed by atoms with Gasteiger partial charge in [-0.3, -0.25) is 5.41 Å². The molecule has 0 saturated carbocycles. The summed E-state index contributed by atoms with van der Waals surface area (Å²) in [6, 6.07) is 0. The predicted molar refractivity (Wildman–Crippen MR) is 36.1 cm³/mol. The van der Waals surface area contributed by atoms with E-state index in [9.17, 15) is 0 Å². The van der Waals surface area contributed by atoms with Crippen LogP contribution in [0.25, 0.3) is 0 Å². The molecule has 0 aromatic heterocycles. The summed E-state index contributed by atoms with van der Waals surface area (Å²) in [7, 11) is 1.65. The summed E-state index contributed by atoms with van der Waals surface area (Å²) in [4.78, 5) is 0. The number of halogens is 1. The lowest BCUT2D eigenvalue weighted by Crippen LogP contribution is -2.08. The first-order valence-electron chi connectivity index (χ1n) is 1.22. The summed E-state index contributed by atoms with van der Waals surface area (Å²) in [5.41, 5.74) is 0. The highest BCUT2D eigenvalue weighted by Crippen LogP contribution is 1.63. The number of nitrogens with one attached hydrogen (secondary N) is 2. The Morgan fingerprint density at radius 3 is 2.00 bits per heavy atom. The molecular weight excluding hydrogens is 164 g/mol. The molecule has 0 aromatic carbocycles. The molecule has 0 unspecified atom stereocenters. The second-order valence-corrected chi connectivity index (χ2v) is 1.05. The van der Waals surface area contributed by atoms with E-state index < -0.39 is 0 Å². The third-order valence-corrected chi connectivity index (χ3v) is 0.460. The molecule has 0 heterocycles. The minimum absolute atomic E-state index is 0. The van der Waals surface area contributed by atoms with E-state index in [1.54, 1.807) is 7.05 Å². The SMILES string of the molecule is Br.CNC(=N)S. The second-order valence-electron chi connectivity index (χ2n) is 0.599. The number of hydrogen-bond donors (Lipinski definition) is 3. The minimum Gasteiger partial charge on any atom is -0.368 e. The monoisotopic (exact) mass is 170 g/mol. The first kappa shape index (κ1) is 9.57. The lowest BCUT2D eigenvalue weighted by Gasteiger charge is -1.83. The van der Waals surface area contributed by atoms with Crippen LogP contribution < -0.4 is 5.32 Å². The average molecular weight is 171 g/mol. The Morgan fingerprint density at radius 1 is 1.83 bits per heavy atom. The third kappa shape index (κ3) is 8.85. The molecule has 0 aliphatic heterocycles. The molecule has 6 heavy (non-hydrogen) atoms. The van der Waals surface area contributed by atoms with E-state index in [0.717, 1.165) is 0 Å². The zero-order chi connectivity index (χ0) is 4.28. The maximum Gasteiger partial charge on any atom is 0.150 e. The van der Waals surface area contributed by atoms with Crippen molar-refractivity contribution in [1.29, 1.82) is 5.41 Å². The first-order chi connectivity index (χ1) is 2.27. The van der Waals surface area contributed by atoms with E-state index >= 15 is 0 Å². The summed E-state index contributed by atoms with van der Waals surface area (Å²) in [5, 5.41) is 9.17. The van der Waals surface area contributed by atoms with Gasteiger partial charge >= 0.3 is 0 Å². The van der Waals surface area contributed by atoms with Crippen LogP contribution in [0.15, 0.2) is 0 Å². The maximum atomic E-state index is 6.50. The van der Waals surface area contributed by atoms with Crippen LogP contribution in [0, 0.1) is 5.41 Å². The minimum atomic E-state index is 0. The van der Waals surface area contributed by atoms with Crippen LogP contribution in [0.2, 0.25) is 0 Å². The summed E-state index contributed by atoms with van der Waals surface area (Å²) >= 11 is 3.57. The number of thiol groups is 1. The largest absolute Gasteiger partial charge is 0.368 e. The van der Waals surface area contributed by atoms with Gasteiger partial charge in [-0.15, -0.1) is 29.6 Å². The highest BCUT2D eigenvalue weighted by atomic mass is 79.9. The third-order valence-electron chi connectivity index (χ3n) is 0.237. The molecule has 0 amide bonds. The molecule has 0 aliphatic carbocycles. The zero-order valence-electron chi connectivity index (χ0n) is 3.36. The summed E-state index contributed by atoms with van der Waals surface area (Å²) in [6.45, 7) is 0. The van der Waals surface area contributed by atoms with Gasteiger partial charge in [0.05, 0.1) is 0 Å². The molecule has 0 saturated heterocycles. The van der Waals surface area contributed by atoms with Crippen molar-refractivity contribution in [1.82, 2.24) is 5.32 Å². The van der Waals surface area contributed by atoms with E-state index in [0.29, 0.717) is 0 Å². The van der Waals surface area contributed by atoms with E-state index in [2.05, 4.69) is 17.9 Å². The second kappa shape index (κ2) is 5.30. The summed E-state index contributed by atoms with van der Waals surface area (Å²) < 4.78 is 0. The lowest BCUT2D eigenvalue weighted by molar-refractivity contribution is 1.18. The molecule has 0 fully saturated rings. The summed E-state index contributed by atoms with van der Waals surface area (Å²) in [6.07, 6.45) is 0. The fourth-order valence-electron chi connectivity index (χ4n) is 0. The van der Waals surface area contributed by atoms with Crippen LogP contribution >= 0.6 is 29.6 Å². The molecule has 4 heteroatoms. The molecule has 0 bridgehead atoms. The van der Waals surface area contributed by atoms with Gasteiger partial charge in [0.1, 0.15) is 5.17 Å². The Balaban J connectivity index is 0. The van der Waals surface area contributed by atoms with Crippen LogP contribution in [0.4, 0.5) is 0 Å². The summed E-state index contributed by atoms with van der Waals surface area (Å²) in [5.74, 6) is 0. The molecular formula is C2H7BrN2S. The first-order valence-corrected chi connectivity index (χ1v) is 1.67. The van der Waals surface area contributed by atoms with E-state index in [-0.39, 0.29) is 22.1 Å². The molecule has 0 aliphatic rings.